The first kappa shape index (κ1) is 23.0. The fraction of sp³-hybridized carbons (Fsp3) is 0.192. The van der Waals surface area contributed by atoms with Gasteiger partial charge in [0.1, 0.15) is 30.5 Å². The number of hydrogen-bond donors (Lipinski definition) is 0. The first-order valence-corrected chi connectivity index (χ1v) is 10.7. The molecule has 0 saturated heterocycles. The minimum Gasteiger partial charge on any atom is -0.487 e. The summed E-state index contributed by atoms with van der Waals surface area (Å²) in [6.45, 7) is 2.39. The Kier molecular flexibility index (Phi) is 7.17. The molecule has 0 bridgehead atoms. The Labute approximate surface area is 195 Å². The monoisotopic (exact) mass is 462 g/mol. The highest BCUT2D eigenvalue weighted by molar-refractivity contribution is 6.05. The molecule has 0 radical (unpaired) electrons. The molecule has 0 aliphatic heterocycles. The van der Waals surface area contributed by atoms with Crippen molar-refractivity contribution in [2.75, 3.05) is 20.3 Å². The van der Waals surface area contributed by atoms with Crippen LogP contribution in [0.4, 0.5) is 4.39 Å². The van der Waals surface area contributed by atoms with Crippen LogP contribution in [0.15, 0.2) is 76.4 Å². The number of methoxy groups -OCH3 is 1. The van der Waals surface area contributed by atoms with E-state index in [-0.39, 0.29) is 12.4 Å². The molecule has 0 amide bonds. The van der Waals surface area contributed by atoms with Crippen LogP contribution in [0.25, 0.3) is 22.0 Å². The number of esters is 1. The highest BCUT2D eigenvalue weighted by Gasteiger charge is 2.17. The lowest BCUT2D eigenvalue weighted by molar-refractivity contribution is 0.0602. The van der Waals surface area contributed by atoms with E-state index >= 15 is 0 Å². The second kappa shape index (κ2) is 10.6. The van der Waals surface area contributed by atoms with Crippen molar-refractivity contribution in [2.24, 2.45) is 5.16 Å². The first-order chi connectivity index (χ1) is 16.6. The van der Waals surface area contributed by atoms with Crippen LogP contribution >= 0.6 is 0 Å². The molecule has 1 heterocycles. The molecule has 0 unspecified atom stereocenters. The van der Waals surface area contributed by atoms with Crippen LogP contribution in [0.5, 0.6) is 5.75 Å². The number of benzene rings is 3. The Bertz CT molecular complexity index is 1310. The van der Waals surface area contributed by atoms with E-state index in [9.17, 15) is 9.18 Å². The van der Waals surface area contributed by atoms with Crippen LogP contribution in [0, 0.1) is 5.82 Å². The predicted octanol–water partition coefficient (Wildman–Crippen LogP) is 5.63. The summed E-state index contributed by atoms with van der Waals surface area (Å²) < 4.78 is 29.6. The molecule has 0 atom stereocenters. The Morgan fingerprint density at radius 1 is 1.09 bits per heavy atom. The third-order valence-electron chi connectivity index (χ3n) is 5.02. The van der Waals surface area contributed by atoms with Gasteiger partial charge in [-0.3, -0.25) is 0 Å². The maximum atomic E-state index is 13.2. The van der Waals surface area contributed by atoms with Gasteiger partial charge in [-0.25, -0.2) is 9.18 Å². The molecule has 3 aromatic carbocycles. The summed E-state index contributed by atoms with van der Waals surface area (Å²) in [5.41, 5.74) is 2.00. The van der Waals surface area contributed by atoms with E-state index in [1.54, 1.807) is 24.3 Å². The number of fused-ring (bicyclic) bond motifs is 1. The maximum absolute atomic E-state index is 13.2. The van der Waals surface area contributed by atoms with Crippen LogP contribution in [0.1, 0.15) is 29.5 Å². The number of oxime groups is 1. The van der Waals surface area contributed by atoms with Crippen molar-refractivity contribution in [3.05, 3.63) is 83.9 Å². The summed E-state index contributed by atoms with van der Waals surface area (Å²) in [6, 6.07) is 18.5. The molecule has 34 heavy (non-hydrogen) atoms. The number of halogens is 1. The molecule has 4 rings (SSSR count). The Hall–Kier alpha value is -4.20. The van der Waals surface area contributed by atoms with E-state index in [4.69, 9.17) is 18.8 Å². The quantitative estimate of drug-likeness (QED) is 0.139. The van der Waals surface area contributed by atoms with Crippen molar-refractivity contribution >= 4 is 22.5 Å². The average Bonchev–Trinajstić information content (AvgIpc) is 3.35. The minimum absolute atomic E-state index is 0.000713. The van der Waals surface area contributed by atoms with Crippen LogP contribution in [0.3, 0.4) is 0 Å². The highest BCUT2D eigenvalue weighted by Crippen LogP contribution is 2.27. The summed E-state index contributed by atoms with van der Waals surface area (Å²) in [4.78, 5) is 17.7. The first-order valence-electron chi connectivity index (χ1n) is 10.7. The number of rotatable bonds is 9. The van der Waals surface area contributed by atoms with Crippen molar-refractivity contribution < 1.29 is 28.0 Å². The van der Waals surface area contributed by atoms with Crippen LogP contribution in [-0.2, 0) is 9.57 Å². The van der Waals surface area contributed by atoms with Crippen molar-refractivity contribution in [2.45, 2.75) is 13.3 Å². The van der Waals surface area contributed by atoms with Crippen molar-refractivity contribution in [1.82, 2.24) is 5.16 Å². The van der Waals surface area contributed by atoms with Crippen LogP contribution in [-0.4, -0.2) is 37.2 Å². The third kappa shape index (κ3) is 5.23. The zero-order chi connectivity index (χ0) is 23.9. The lowest BCUT2D eigenvalue weighted by Gasteiger charge is -2.11. The number of hydrogen-bond acceptors (Lipinski definition) is 7. The number of aromatic nitrogens is 1. The van der Waals surface area contributed by atoms with Crippen molar-refractivity contribution in [3.63, 3.8) is 0 Å². The van der Waals surface area contributed by atoms with Gasteiger partial charge in [-0.05, 0) is 53.6 Å². The Morgan fingerprint density at radius 3 is 2.65 bits per heavy atom. The number of carbonyl (C=O) groups excluding carboxylic acids is 1. The van der Waals surface area contributed by atoms with Gasteiger partial charge in [0, 0.05) is 11.6 Å². The normalized spacial score (nSPS) is 11.4. The van der Waals surface area contributed by atoms with E-state index in [0.29, 0.717) is 40.6 Å². The smallest absolute Gasteiger partial charge is 0.338 e. The standard InChI is InChI=1S/C26H23FN2O5/c1-3-12-33-28-24(25-15-23(29-34-25)17-8-10-19(27)11-9-17)16-32-20-13-18-6-4-5-7-21(18)22(14-20)26(30)31-2/h4-11,13-15H,3,12,16H2,1-2H3. The van der Waals surface area contributed by atoms with E-state index in [0.717, 1.165) is 17.2 Å². The highest BCUT2D eigenvalue weighted by atomic mass is 19.1. The molecule has 0 fully saturated rings. The van der Waals surface area contributed by atoms with Gasteiger partial charge in [-0.1, -0.05) is 41.5 Å². The zero-order valence-electron chi connectivity index (χ0n) is 18.8. The third-order valence-corrected chi connectivity index (χ3v) is 5.02. The second-order valence-corrected chi connectivity index (χ2v) is 7.43. The van der Waals surface area contributed by atoms with Crippen LogP contribution < -0.4 is 4.74 Å². The minimum atomic E-state index is -0.457. The van der Waals surface area contributed by atoms with Gasteiger partial charge in [0.2, 0.25) is 0 Å². The Morgan fingerprint density at radius 2 is 1.88 bits per heavy atom. The Balaban J connectivity index is 1.60. The number of ether oxygens (including phenoxy) is 2. The van der Waals surface area contributed by atoms with E-state index in [1.165, 1.54) is 19.2 Å². The molecule has 0 aliphatic carbocycles. The topological polar surface area (TPSA) is 83.2 Å². The van der Waals surface area contributed by atoms with Gasteiger partial charge >= 0.3 is 5.97 Å². The average molecular weight is 462 g/mol. The summed E-state index contributed by atoms with van der Waals surface area (Å²) >= 11 is 0. The number of carbonyl (C=O) groups is 1. The molecule has 174 valence electrons. The second-order valence-electron chi connectivity index (χ2n) is 7.43. The summed E-state index contributed by atoms with van der Waals surface area (Å²) in [5, 5.41) is 9.82. The zero-order valence-corrected chi connectivity index (χ0v) is 18.8. The van der Waals surface area contributed by atoms with Gasteiger partial charge in [0.15, 0.2) is 11.5 Å². The lowest BCUT2D eigenvalue weighted by atomic mass is 10.0. The molecule has 0 spiro atoms. The molecular formula is C26H23FN2O5. The van der Waals surface area contributed by atoms with Gasteiger partial charge in [-0.15, -0.1) is 0 Å². The van der Waals surface area contributed by atoms with Gasteiger partial charge in [-0.2, -0.15) is 0 Å². The van der Waals surface area contributed by atoms with Gasteiger partial charge in [0.25, 0.3) is 0 Å². The van der Waals surface area contributed by atoms with Crippen molar-refractivity contribution in [1.29, 1.82) is 0 Å². The van der Waals surface area contributed by atoms with Gasteiger partial charge in [0.05, 0.1) is 12.7 Å². The van der Waals surface area contributed by atoms with E-state index in [1.807, 2.05) is 37.3 Å². The molecule has 0 saturated carbocycles. The number of nitrogens with zero attached hydrogens (tertiary/aromatic N) is 2. The molecule has 7 nitrogen and oxygen atoms in total. The lowest BCUT2D eigenvalue weighted by Crippen LogP contribution is -2.14. The van der Waals surface area contributed by atoms with E-state index < -0.39 is 5.97 Å². The summed E-state index contributed by atoms with van der Waals surface area (Å²) in [7, 11) is 1.34. The summed E-state index contributed by atoms with van der Waals surface area (Å²) in [5.74, 6) is 0.0174. The van der Waals surface area contributed by atoms with E-state index in [2.05, 4.69) is 10.3 Å². The summed E-state index contributed by atoms with van der Waals surface area (Å²) in [6.07, 6.45) is 0.780. The molecule has 8 heteroatoms. The predicted molar refractivity (Wildman–Crippen MR) is 125 cm³/mol. The van der Waals surface area contributed by atoms with Crippen LogP contribution in [0.2, 0.25) is 0 Å². The molecule has 0 N–H and O–H groups in total. The molecule has 1 aromatic heterocycles. The SMILES string of the molecule is CCCON=C(COc1cc(C(=O)OC)c2ccccc2c1)c1cc(-c2ccc(F)cc2)no1. The maximum Gasteiger partial charge on any atom is 0.338 e. The van der Waals surface area contributed by atoms with Crippen molar-refractivity contribution in [3.8, 4) is 17.0 Å². The molecular weight excluding hydrogens is 439 g/mol. The van der Waals surface area contributed by atoms with Gasteiger partial charge < -0.3 is 18.8 Å². The largest absolute Gasteiger partial charge is 0.487 e. The fourth-order valence-electron chi connectivity index (χ4n) is 3.32. The fourth-order valence-corrected chi connectivity index (χ4v) is 3.32. The molecule has 4 aromatic rings. The molecule has 0 aliphatic rings.